The first kappa shape index (κ1) is 16.0. The van der Waals surface area contributed by atoms with Crippen LogP contribution in [0.25, 0.3) is 11.4 Å². The first-order valence-corrected chi connectivity index (χ1v) is 8.36. The Balaban J connectivity index is 1.55. The van der Waals surface area contributed by atoms with Crippen LogP contribution in [0.2, 0.25) is 5.02 Å². The number of rotatable bonds is 4. The molecule has 0 bridgehead atoms. The molecule has 1 fully saturated rings. The Kier molecular flexibility index (Phi) is 4.96. The number of amides is 1. The molecule has 0 spiro atoms. The van der Waals surface area contributed by atoms with Gasteiger partial charge in [-0.1, -0.05) is 23.7 Å². The monoisotopic (exact) mass is 333 g/mol. The van der Waals surface area contributed by atoms with Crippen molar-refractivity contribution in [2.24, 2.45) is 5.92 Å². The lowest BCUT2D eigenvalue weighted by Crippen LogP contribution is -2.38. The molecular formula is C17H20ClN3O2. The summed E-state index contributed by atoms with van der Waals surface area (Å²) < 4.78 is 5.24. The molecular weight excluding hydrogens is 314 g/mol. The molecule has 23 heavy (non-hydrogen) atoms. The second kappa shape index (κ2) is 7.13. The van der Waals surface area contributed by atoms with Gasteiger partial charge < -0.3 is 9.42 Å². The Hall–Kier alpha value is -1.88. The van der Waals surface area contributed by atoms with Gasteiger partial charge in [-0.2, -0.15) is 4.98 Å². The number of aryl methyl sites for hydroxylation is 1. The van der Waals surface area contributed by atoms with E-state index in [9.17, 15) is 4.79 Å². The smallest absolute Gasteiger partial charge is 0.227 e. The predicted molar refractivity (Wildman–Crippen MR) is 88.0 cm³/mol. The van der Waals surface area contributed by atoms with Gasteiger partial charge in [0.15, 0.2) is 0 Å². The van der Waals surface area contributed by atoms with Gasteiger partial charge in [0.2, 0.25) is 17.6 Å². The van der Waals surface area contributed by atoms with Gasteiger partial charge in [0, 0.05) is 36.5 Å². The number of carbonyl (C=O) groups is 1. The van der Waals surface area contributed by atoms with Crippen molar-refractivity contribution in [3.05, 3.63) is 35.2 Å². The highest BCUT2D eigenvalue weighted by molar-refractivity contribution is 6.30. The zero-order valence-electron chi connectivity index (χ0n) is 13.2. The number of aromatic nitrogens is 2. The van der Waals surface area contributed by atoms with E-state index in [1.165, 1.54) is 0 Å². The molecule has 1 aliphatic rings. The van der Waals surface area contributed by atoms with Gasteiger partial charge in [0.05, 0.1) is 0 Å². The largest absolute Gasteiger partial charge is 0.343 e. The highest BCUT2D eigenvalue weighted by Gasteiger charge is 2.20. The summed E-state index contributed by atoms with van der Waals surface area (Å²) in [4.78, 5) is 18.5. The number of nitrogens with zero attached hydrogens (tertiary/aromatic N) is 3. The van der Waals surface area contributed by atoms with E-state index < -0.39 is 0 Å². The minimum Gasteiger partial charge on any atom is -0.343 e. The Morgan fingerprint density at radius 1 is 1.30 bits per heavy atom. The summed E-state index contributed by atoms with van der Waals surface area (Å²) in [5.74, 6) is 1.91. The number of carbonyl (C=O) groups excluding carboxylic acids is 1. The molecule has 3 rings (SSSR count). The van der Waals surface area contributed by atoms with Crippen molar-refractivity contribution in [2.45, 2.75) is 32.6 Å². The van der Waals surface area contributed by atoms with E-state index in [1.54, 1.807) is 12.1 Å². The fourth-order valence-corrected chi connectivity index (χ4v) is 2.83. The van der Waals surface area contributed by atoms with Crippen molar-refractivity contribution in [1.29, 1.82) is 0 Å². The fourth-order valence-electron chi connectivity index (χ4n) is 2.70. The van der Waals surface area contributed by atoms with Crippen LogP contribution in [0, 0.1) is 5.92 Å². The average molecular weight is 334 g/mol. The molecule has 0 aliphatic carbocycles. The topological polar surface area (TPSA) is 59.2 Å². The van der Waals surface area contributed by atoms with Crippen LogP contribution in [0.3, 0.4) is 0 Å². The lowest BCUT2D eigenvalue weighted by molar-refractivity contribution is -0.132. The fraction of sp³-hybridized carbons (Fsp3) is 0.471. The molecule has 5 nitrogen and oxygen atoms in total. The van der Waals surface area contributed by atoms with E-state index in [1.807, 2.05) is 17.0 Å². The molecule has 0 N–H and O–H groups in total. The normalized spacial score (nSPS) is 15.8. The van der Waals surface area contributed by atoms with Crippen molar-refractivity contribution in [2.75, 3.05) is 13.1 Å². The minimum atomic E-state index is 0.170. The van der Waals surface area contributed by atoms with E-state index in [0.717, 1.165) is 37.4 Å². The summed E-state index contributed by atoms with van der Waals surface area (Å²) in [6, 6.07) is 7.26. The molecule has 1 aromatic heterocycles. The number of benzene rings is 1. The van der Waals surface area contributed by atoms with Crippen LogP contribution < -0.4 is 0 Å². The van der Waals surface area contributed by atoms with Crippen LogP contribution in [0.15, 0.2) is 28.8 Å². The Morgan fingerprint density at radius 3 is 2.70 bits per heavy atom. The zero-order chi connectivity index (χ0) is 16.2. The number of likely N-dealkylation sites (tertiary alicyclic amines) is 1. The van der Waals surface area contributed by atoms with Crippen molar-refractivity contribution in [3.8, 4) is 11.4 Å². The van der Waals surface area contributed by atoms with Gasteiger partial charge >= 0.3 is 0 Å². The van der Waals surface area contributed by atoms with Gasteiger partial charge in [-0.25, -0.2) is 0 Å². The van der Waals surface area contributed by atoms with Gasteiger partial charge in [-0.3, -0.25) is 4.79 Å². The molecule has 0 radical (unpaired) electrons. The van der Waals surface area contributed by atoms with Crippen molar-refractivity contribution >= 4 is 17.5 Å². The van der Waals surface area contributed by atoms with Crippen LogP contribution in [0.5, 0.6) is 0 Å². The summed E-state index contributed by atoms with van der Waals surface area (Å²) >= 11 is 5.87. The highest BCUT2D eigenvalue weighted by Crippen LogP contribution is 2.20. The number of hydrogen-bond acceptors (Lipinski definition) is 4. The van der Waals surface area contributed by atoms with Gasteiger partial charge in [0.25, 0.3) is 0 Å². The molecule has 0 unspecified atom stereocenters. The molecule has 1 aliphatic heterocycles. The molecule has 2 aromatic rings. The van der Waals surface area contributed by atoms with Gasteiger partial charge in [-0.05, 0) is 43.0 Å². The maximum absolute atomic E-state index is 12.2. The zero-order valence-corrected chi connectivity index (χ0v) is 13.9. The summed E-state index contributed by atoms with van der Waals surface area (Å²) in [5, 5.41) is 4.63. The first-order valence-electron chi connectivity index (χ1n) is 7.98. The summed E-state index contributed by atoms with van der Waals surface area (Å²) in [7, 11) is 0. The third kappa shape index (κ3) is 4.10. The molecule has 0 atom stereocenters. The maximum Gasteiger partial charge on any atom is 0.227 e. The Labute approximate surface area is 140 Å². The van der Waals surface area contributed by atoms with Crippen LogP contribution in [-0.2, 0) is 11.2 Å². The highest BCUT2D eigenvalue weighted by atomic mass is 35.5. The summed E-state index contributed by atoms with van der Waals surface area (Å²) in [5.41, 5.74) is 0.848. The van der Waals surface area contributed by atoms with Crippen LogP contribution in [0.4, 0.5) is 0 Å². The molecule has 2 heterocycles. The molecule has 6 heteroatoms. The van der Waals surface area contributed by atoms with Crippen LogP contribution in [-0.4, -0.2) is 34.0 Å². The lowest BCUT2D eigenvalue weighted by atomic mass is 9.99. The standard InChI is InChI=1S/C17H20ClN3O2/c1-12-8-10-21(11-9-12)16(22)7-6-15-19-17(20-23-15)13-2-4-14(18)5-3-13/h2-5,12H,6-11H2,1H3. The molecule has 1 saturated heterocycles. The Morgan fingerprint density at radius 2 is 2.00 bits per heavy atom. The molecule has 1 amide bonds. The van der Waals surface area contributed by atoms with E-state index in [0.29, 0.717) is 29.6 Å². The molecule has 1 aromatic carbocycles. The third-order valence-electron chi connectivity index (χ3n) is 4.26. The van der Waals surface area contributed by atoms with Crippen molar-refractivity contribution in [3.63, 3.8) is 0 Å². The maximum atomic E-state index is 12.2. The Bertz CT molecular complexity index is 661. The summed E-state index contributed by atoms with van der Waals surface area (Å²) in [6.45, 7) is 3.96. The predicted octanol–water partition coefficient (Wildman–Crippen LogP) is 3.58. The van der Waals surface area contributed by atoms with Crippen LogP contribution >= 0.6 is 11.6 Å². The second-order valence-corrected chi connectivity index (χ2v) is 6.52. The first-order chi connectivity index (χ1) is 11.1. The third-order valence-corrected chi connectivity index (χ3v) is 4.51. The van der Waals surface area contributed by atoms with Gasteiger partial charge in [-0.15, -0.1) is 0 Å². The second-order valence-electron chi connectivity index (χ2n) is 6.08. The minimum absolute atomic E-state index is 0.170. The van der Waals surface area contributed by atoms with E-state index >= 15 is 0 Å². The van der Waals surface area contributed by atoms with Crippen LogP contribution in [0.1, 0.15) is 32.1 Å². The average Bonchev–Trinajstić information content (AvgIpc) is 3.03. The number of piperidine rings is 1. The number of halogens is 1. The molecule has 0 saturated carbocycles. The van der Waals surface area contributed by atoms with E-state index in [4.69, 9.17) is 16.1 Å². The van der Waals surface area contributed by atoms with E-state index in [2.05, 4.69) is 17.1 Å². The molecule has 122 valence electrons. The van der Waals surface area contributed by atoms with E-state index in [-0.39, 0.29) is 5.91 Å². The quantitative estimate of drug-likeness (QED) is 0.858. The summed E-state index contributed by atoms with van der Waals surface area (Å²) in [6.07, 6.45) is 3.07. The lowest BCUT2D eigenvalue weighted by Gasteiger charge is -2.30. The SMILES string of the molecule is CC1CCN(C(=O)CCc2nc(-c3ccc(Cl)cc3)no2)CC1. The van der Waals surface area contributed by atoms with Gasteiger partial charge in [0.1, 0.15) is 0 Å². The number of hydrogen-bond donors (Lipinski definition) is 0. The van der Waals surface area contributed by atoms with Crippen molar-refractivity contribution < 1.29 is 9.32 Å². The van der Waals surface area contributed by atoms with Crippen molar-refractivity contribution in [1.82, 2.24) is 15.0 Å².